The predicted octanol–water partition coefficient (Wildman–Crippen LogP) is 7.43. The number of alkyl halides is 1. The average Bonchev–Trinajstić information content (AvgIpc) is 3.09. The van der Waals surface area contributed by atoms with Crippen LogP contribution in [0.25, 0.3) is 11.1 Å². The lowest BCUT2D eigenvalue weighted by Crippen LogP contribution is -2.27. The van der Waals surface area contributed by atoms with Crippen molar-refractivity contribution in [2.45, 2.75) is 26.2 Å². The minimum atomic E-state index is -0.842. The van der Waals surface area contributed by atoms with Gasteiger partial charge in [0.15, 0.2) is 23.1 Å². The molecule has 2 amide bonds. The van der Waals surface area contributed by atoms with Crippen molar-refractivity contribution in [3.05, 3.63) is 117 Å². The Morgan fingerprint density at radius 1 is 0.542 bits per heavy atom. The summed E-state index contributed by atoms with van der Waals surface area (Å²) in [4.78, 5) is 81.8. The number of unbranched alkanes of at least 4 members (excludes halogenated alkanes) is 1. The van der Waals surface area contributed by atoms with Gasteiger partial charge in [0.05, 0.1) is 35.7 Å². The molecule has 0 heterocycles. The van der Waals surface area contributed by atoms with Crippen molar-refractivity contribution in [3.8, 4) is 11.1 Å². The van der Waals surface area contributed by atoms with Gasteiger partial charge in [0.2, 0.25) is 0 Å². The molecule has 0 fully saturated rings. The highest BCUT2D eigenvalue weighted by Crippen LogP contribution is 2.43. The highest BCUT2D eigenvalue weighted by Gasteiger charge is 2.38. The van der Waals surface area contributed by atoms with Crippen LogP contribution >= 0.6 is 11.6 Å². The molecule has 0 atom stereocenters. The molecule has 6 rings (SSSR count). The van der Waals surface area contributed by atoms with Crippen LogP contribution in [0, 0.1) is 0 Å². The molecule has 242 valence electrons. The standard InChI is InChI=1S/C37H29ClN2O8/c1-2-3-18-47-36(45)39-26-15-13-20(28-30(26)34(43)24-11-6-4-9-22(24)32(28)41)21-14-16-27(40-37(46)48-19-8-17-38)31-29(21)33(42)23-10-5-7-12-25(23)35(31)44/h4-7,9-16H,2-3,8,17-19H2,1H3,(H,39,45)(H,40,46). The van der Waals surface area contributed by atoms with Gasteiger partial charge in [-0.3, -0.25) is 29.8 Å². The summed E-state index contributed by atoms with van der Waals surface area (Å²) in [5.41, 5.74) is 0.807. The van der Waals surface area contributed by atoms with Crippen LogP contribution in [0.4, 0.5) is 21.0 Å². The van der Waals surface area contributed by atoms with E-state index in [0.29, 0.717) is 12.8 Å². The zero-order valence-corrected chi connectivity index (χ0v) is 26.6. The molecule has 2 aliphatic carbocycles. The van der Waals surface area contributed by atoms with Gasteiger partial charge < -0.3 is 9.47 Å². The number of halogens is 1. The van der Waals surface area contributed by atoms with Crippen molar-refractivity contribution in [1.82, 2.24) is 0 Å². The molecule has 2 aliphatic rings. The normalized spacial score (nSPS) is 12.8. The van der Waals surface area contributed by atoms with Crippen LogP contribution in [0.1, 0.15) is 89.9 Å². The SMILES string of the molecule is CCCCOC(=O)Nc1ccc(-c2ccc(NC(=O)OCCCCl)c3c2C(=O)c2ccccc2C3=O)c2c1C(=O)c1ccccc1C2=O. The number of hydrogen-bond acceptors (Lipinski definition) is 8. The maximum atomic E-state index is 14.2. The topological polar surface area (TPSA) is 145 Å². The number of fused-ring (bicyclic) bond motifs is 4. The maximum Gasteiger partial charge on any atom is 0.411 e. The number of carbonyl (C=O) groups is 6. The number of ether oxygens (including phenoxy) is 2. The molecule has 0 radical (unpaired) electrons. The molecular formula is C37H29ClN2O8. The van der Waals surface area contributed by atoms with Crippen LogP contribution in [0.3, 0.4) is 0 Å². The fraction of sp³-hybridized carbons (Fsp3) is 0.189. The van der Waals surface area contributed by atoms with Gasteiger partial charge in [-0.1, -0.05) is 74.0 Å². The van der Waals surface area contributed by atoms with E-state index in [4.69, 9.17) is 21.1 Å². The lowest BCUT2D eigenvalue weighted by molar-refractivity contribution is 0.0978. The van der Waals surface area contributed by atoms with Crippen LogP contribution in [-0.4, -0.2) is 54.4 Å². The molecule has 10 nitrogen and oxygen atoms in total. The zero-order valence-electron chi connectivity index (χ0n) is 25.8. The van der Waals surface area contributed by atoms with E-state index in [2.05, 4.69) is 10.6 Å². The third kappa shape index (κ3) is 5.75. The first-order chi connectivity index (χ1) is 23.3. The number of benzene rings is 4. The first-order valence-electron chi connectivity index (χ1n) is 15.4. The van der Waals surface area contributed by atoms with E-state index in [0.717, 1.165) is 6.42 Å². The Bertz CT molecular complexity index is 1890. The minimum Gasteiger partial charge on any atom is -0.449 e. The highest BCUT2D eigenvalue weighted by molar-refractivity contribution is 6.35. The van der Waals surface area contributed by atoms with Crippen molar-refractivity contribution < 1.29 is 38.2 Å². The van der Waals surface area contributed by atoms with Crippen molar-refractivity contribution in [2.75, 3.05) is 29.7 Å². The number of nitrogens with one attached hydrogen (secondary N) is 2. The van der Waals surface area contributed by atoms with Crippen LogP contribution in [-0.2, 0) is 9.47 Å². The van der Waals surface area contributed by atoms with E-state index in [1.807, 2.05) is 6.92 Å². The summed E-state index contributed by atoms with van der Waals surface area (Å²) in [5, 5.41) is 5.18. The molecule has 0 saturated heterocycles. The van der Waals surface area contributed by atoms with Crippen molar-refractivity contribution in [2.24, 2.45) is 0 Å². The number of carbonyl (C=O) groups excluding carboxylic acids is 6. The number of amides is 2. The molecule has 4 aromatic carbocycles. The molecule has 0 bridgehead atoms. The number of hydrogen-bond donors (Lipinski definition) is 2. The number of rotatable bonds is 9. The summed E-state index contributed by atoms with van der Waals surface area (Å²) < 4.78 is 10.4. The second-order valence-electron chi connectivity index (χ2n) is 11.1. The number of anilines is 2. The quantitative estimate of drug-likeness (QED) is 0.120. The monoisotopic (exact) mass is 664 g/mol. The average molecular weight is 665 g/mol. The lowest BCUT2D eigenvalue weighted by Gasteiger charge is -2.26. The third-order valence-corrected chi connectivity index (χ3v) is 8.42. The molecule has 4 aromatic rings. The maximum absolute atomic E-state index is 14.2. The van der Waals surface area contributed by atoms with Gasteiger partial charge in [-0.2, -0.15) is 0 Å². The Balaban J connectivity index is 1.55. The Hall–Kier alpha value is -5.61. The zero-order chi connectivity index (χ0) is 33.9. The van der Waals surface area contributed by atoms with Gasteiger partial charge in [-0.05, 0) is 36.1 Å². The second kappa shape index (κ2) is 13.6. The molecule has 0 aromatic heterocycles. The molecule has 2 N–H and O–H groups in total. The van der Waals surface area contributed by atoms with Gasteiger partial charge in [-0.25, -0.2) is 9.59 Å². The Labute approximate surface area is 280 Å². The summed E-state index contributed by atoms with van der Waals surface area (Å²) >= 11 is 5.69. The lowest BCUT2D eigenvalue weighted by atomic mass is 9.75. The molecule has 48 heavy (non-hydrogen) atoms. The number of ketones is 4. The summed E-state index contributed by atoms with van der Waals surface area (Å²) in [6.07, 6.45) is 0.234. The van der Waals surface area contributed by atoms with Crippen LogP contribution in [0.15, 0.2) is 72.8 Å². The van der Waals surface area contributed by atoms with Crippen molar-refractivity contribution >= 4 is 58.3 Å². The van der Waals surface area contributed by atoms with E-state index in [-0.39, 0.29) is 86.1 Å². The van der Waals surface area contributed by atoms with Gasteiger partial charge >= 0.3 is 12.2 Å². The summed E-state index contributed by atoms with van der Waals surface area (Å²) in [5.74, 6) is -1.77. The summed E-state index contributed by atoms with van der Waals surface area (Å²) in [6.45, 7) is 2.16. The smallest absolute Gasteiger partial charge is 0.411 e. The fourth-order valence-corrected chi connectivity index (χ4v) is 6.03. The Kier molecular flexibility index (Phi) is 9.18. The predicted molar refractivity (Wildman–Crippen MR) is 179 cm³/mol. The Morgan fingerprint density at radius 3 is 1.29 bits per heavy atom. The molecule has 0 aliphatic heterocycles. The molecule has 11 heteroatoms. The van der Waals surface area contributed by atoms with Gasteiger partial charge in [0.1, 0.15) is 0 Å². The summed E-state index contributed by atoms with van der Waals surface area (Å²) in [6, 6.07) is 18.6. The van der Waals surface area contributed by atoms with E-state index in [1.165, 1.54) is 48.5 Å². The van der Waals surface area contributed by atoms with Crippen molar-refractivity contribution in [1.29, 1.82) is 0 Å². The van der Waals surface area contributed by atoms with Gasteiger partial charge in [0, 0.05) is 39.3 Å². The van der Waals surface area contributed by atoms with Crippen LogP contribution in [0.2, 0.25) is 0 Å². The van der Waals surface area contributed by atoms with E-state index < -0.39 is 35.3 Å². The summed E-state index contributed by atoms with van der Waals surface area (Å²) in [7, 11) is 0. The molecule has 0 unspecified atom stereocenters. The minimum absolute atomic E-state index is 0.0344. The molecular weight excluding hydrogens is 636 g/mol. The second-order valence-corrected chi connectivity index (χ2v) is 11.5. The fourth-order valence-electron chi connectivity index (χ4n) is 5.92. The Morgan fingerprint density at radius 2 is 0.917 bits per heavy atom. The molecule has 0 saturated carbocycles. The van der Waals surface area contributed by atoms with E-state index >= 15 is 0 Å². The van der Waals surface area contributed by atoms with Crippen molar-refractivity contribution in [3.63, 3.8) is 0 Å². The first-order valence-corrected chi connectivity index (χ1v) is 15.9. The highest BCUT2D eigenvalue weighted by atomic mass is 35.5. The largest absolute Gasteiger partial charge is 0.449 e. The van der Waals surface area contributed by atoms with Gasteiger partial charge in [-0.15, -0.1) is 11.6 Å². The van der Waals surface area contributed by atoms with Gasteiger partial charge in [0.25, 0.3) is 0 Å². The third-order valence-electron chi connectivity index (χ3n) is 8.16. The first kappa shape index (κ1) is 32.3. The van der Waals surface area contributed by atoms with Crippen LogP contribution in [0.5, 0.6) is 0 Å². The molecule has 0 spiro atoms. The van der Waals surface area contributed by atoms with E-state index in [9.17, 15) is 28.8 Å². The van der Waals surface area contributed by atoms with Crippen LogP contribution < -0.4 is 10.6 Å². The van der Waals surface area contributed by atoms with E-state index in [1.54, 1.807) is 24.3 Å².